The van der Waals surface area contributed by atoms with Crippen LogP contribution < -0.4 is 31.9 Å². The smallest absolute Gasteiger partial charge is 0.319 e. The minimum absolute atomic E-state index is 0.0218. The van der Waals surface area contributed by atoms with Crippen LogP contribution in [0.2, 0.25) is 10.0 Å². The van der Waals surface area contributed by atoms with E-state index in [1.165, 1.54) is 18.2 Å². The standard InChI is InChI=1S/C93H120Cl2F3N17O17/c1-65(2)73-58-80(68-16-18-69(96)19-17-68)107-115-63-83(103-88(73)115)91(121)113-33-32-111(64-93(113,3)4)87(118)26-25-86(117)100-29-35-123-37-39-125-41-43-127-45-47-129-49-51-131-53-54-132-52-50-130-48-46-128-44-42-126-40-38-124-36-34-112-60-71(106-109-112)21-24-85(116)99-28-27-79(89(119)101-59-66-11-6-5-7-12-66)104-90(120)81(56-67-15-23-77(97)78(98)55-67)105-92(122)102-70-20-22-72-82(62-110-30-8-9-31-110)108-114(84(72)57-70)61-74-75(94)13-10-14-76(74)95/h5-7,10-20,22-23,55,57-58,60,63,65,79,81H,8-9,21,24-54,56,59,61-62,64H2,1-4H3,(H,99,116)(H,100,117)(H,101,119)(H,104,120)(H2,102,105,122)/t79-,81-/m0/s1. The fraction of sp³-hybridized carbons (Fsp3) is 0.505. The lowest BCUT2D eigenvalue weighted by Gasteiger charge is -2.46. The Morgan fingerprint density at radius 1 is 0.553 bits per heavy atom. The number of imidazole rings is 1. The van der Waals surface area contributed by atoms with E-state index in [4.69, 9.17) is 85.8 Å². The van der Waals surface area contributed by atoms with Gasteiger partial charge in [-0.15, -0.1) is 5.10 Å². The molecule has 0 saturated carbocycles. The molecule has 34 nitrogen and oxygen atoms in total. The van der Waals surface area contributed by atoms with Gasteiger partial charge in [0, 0.05) is 122 Å². The van der Waals surface area contributed by atoms with Crippen molar-refractivity contribution in [3.8, 4) is 11.3 Å². The highest BCUT2D eigenvalue weighted by atomic mass is 35.5. The van der Waals surface area contributed by atoms with Crippen LogP contribution in [0, 0.1) is 17.5 Å². The number of piperazine rings is 1. The average Bonchev–Trinajstić information content (AvgIpc) is 1.56. The summed E-state index contributed by atoms with van der Waals surface area (Å²) in [5, 5.41) is 36.6. The minimum Gasteiger partial charge on any atom is -0.377 e. The SMILES string of the molecule is CC(C)c1cc(-c2ccc(F)cc2)nn2cc(C(=O)N3CCN(C(=O)CCC(=O)NCCOCCOCCOCCOCCOCCOCCOCCOCCOCCOCCn4cc(CCC(=O)NCC[C@H](NC(=O)[C@H](Cc5ccc(F)c(F)c5)NC(=O)Nc5ccc6c(CN7CCCC7)nn(Cc7c(Cl)cccc7Cl)c6c5)C(=O)NCc5ccccc5)nn4)CC3(C)C)nc12. The van der Waals surface area contributed by atoms with Gasteiger partial charge in [0.1, 0.15) is 23.6 Å². The van der Waals surface area contributed by atoms with Gasteiger partial charge in [0.15, 0.2) is 17.3 Å². The molecular weight excluding hydrogens is 1760 g/mol. The predicted molar refractivity (Wildman–Crippen MR) is 487 cm³/mol. The van der Waals surface area contributed by atoms with Gasteiger partial charge in [0.2, 0.25) is 29.5 Å². The first kappa shape index (κ1) is 102. The minimum atomic E-state index is -1.43. The van der Waals surface area contributed by atoms with Gasteiger partial charge in [0.05, 0.1) is 180 Å². The maximum atomic E-state index is 14.7. The van der Waals surface area contributed by atoms with E-state index in [0.717, 1.165) is 65.8 Å². The molecule has 2 aliphatic rings. The van der Waals surface area contributed by atoms with Crippen LogP contribution in [0.5, 0.6) is 0 Å². The highest BCUT2D eigenvalue weighted by molar-refractivity contribution is 6.36. The molecule has 11 rings (SSSR count). The maximum absolute atomic E-state index is 14.7. The predicted octanol–water partition coefficient (Wildman–Crippen LogP) is 9.33. The molecule has 9 aromatic rings. The molecule has 132 heavy (non-hydrogen) atoms. The summed E-state index contributed by atoms with van der Waals surface area (Å²) >= 11 is 13.2. The molecule has 0 aliphatic carbocycles. The van der Waals surface area contributed by atoms with Crippen molar-refractivity contribution in [1.29, 1.82) is 0 Å². The number of urea groups is 1. The molecule has 8 amide bonds. The van der Waals surface area contributed by atoms with Gasteiger partial charge < -0.3 is 89.1 Å². The van der Waals surface area contributed by atoms with E-state index >= 15 is 0 Å². The number of halogens is 5. The van der Waals surface area contributed by atoms with Crippen LogP contribution in [0.25, 0.3) is 27.8 Å². The lowest BCUT2D eigenvalue weighted by Crippen LogP contribution is -2.62. The fourth-order valence-electron chi connectivity index (χ4n) is 14.8. The van der Waals surface area contributed by atoms with Crippen molar-refractivity contribution >= 4 is 86.9 Å². The third kappa shape index (κ3) is 33.2. The Hall–Kier alpha value is -10.7. The van der Waals surface area contributed by atoms with Gasteiger partial charge in [-0.25, -0.2) is 32.1 Å². The Labute approximate surface area is 775 Å². The second-order valence-electron chi connectivity index (χ2n) is 32.6. The Bertz CT molecular complexity index is 5150. The fourth-order valence-corrected chi connectivity index (χ4v) is 15.3. The van der Waals surface area contributed by atoms with Gasteiger partial charge in [-0.3, -0.25) is 38.3 Å². The number of benzene rings is 5. The van der Waals surface area contributed by atoms with Gasteiger partial charge >= 0.3 is 6.03 Å². The third-order valence-electron chi connectivity index (χ3n) is 21.8. The average molecular weight is 1880 g/mol. The number of nitrogens with zero attached hydrogens (tertiary/aromatic N) is 11. The summed E-state index contributed by atoms with van der Waals surface area (Å²) in [7, 11) is 0. The first-order valence-corrected chi connectivity index (χ1v) is 45.5. The van der Waals surface area contributed by atoms with Gasteiger partial charge in [-0.1, -0.05) is 84.7 Å². The van der Waals surface area contributed by atoms with E-state index in [0.29, 0.717) is 196 Å². The third-order valence-corrected chi connectivity index (χ3v) is 22.6. The molecule has 4 aromatic heterocycles. The van der Waals surface area contributed by atoms with Crippen LogP contribution in [-0.2, 0) is 110 Å². The van der Waals surface area contributed by atoms with Gasteiger partial charge in [0.25, 0.3) is 5.91 Å². The monoisotopic (exact) mass is 1870 g/mol. The Kier molecular flexibility index (Phi) is 41.6. The molecule has 5 aromatic carbocycles. The molecule has 0 spiro atoms. The number of anilines is 1. The molecule has 0 unspecified atom stereocenters. The topological polar surface area (TPSA) is 372 Å². The van der Waals surface area contributed by atoms with Crippen molar-refractivity contribution in [2.45, 2.75) is 129 Å². The zero-order valence-corrected chi connectivity index (χ0v) is 76.7. The lowest BCUT2D eigenvalue weighted by molar-refractivity contribution is -0.137. The molecule has 2 fully saturated rings. The number of aromatic nitrogens is 8. The zero-order chi connectivity index (χ0) is 93.4. The molecule has 2 atom stereocenters. The molecule has 39 heteroatoms. The highest BCUT2D eigenvalue weighted by Crippen LogP contribution is 2.32. The van der Waals surface area contributed by atoms with E-state index in [1.54, 1.807) is 78.5 Å². The molecule has 0 bridgehead atoms. The number of likely N-dealkylation sites (tertiary alicyclic amines) is 1. The number of carbonyl (C=O) groups is 7. The number of nitrogens with one attached hydrogen (secondary N) is 6. The molecule has 6 N–H and O–H groups in total. The molecule has 2 aliphatic heterocycles. The second-order valence-corrected chi connectivity index (χ2v) is 33.4. The summed E-state index contributed by atoms with van der Waals surface area (Å²) in [4.78, 5) is 106. The van der Waals surface area contributed by atoms with Crippen molar-refractivity contribution < 1.29 is 94.1 Å². The van der Waals surface area contributed by atoms with Crippen molar-refractivity contribution in [1.82, 2.24) is 80.7 Å². The summed E-state index contributed by atoms with van der Waals surface area (Å²) in [6, 6.07) is 27.4. The number of aryl methyl sites for hydroxylation is 1. The van der Waals surface area contributed by atoms with Crippen molar-refractivity contribution in [3.05, 3.63) is 194 Å². The van der Waals surface area contributed by atoms with Gasteiger partial charge in [-0.05, 0) is 136 Å². The number of ether oxygens (including phenoxy) is 10. The lowest BCUT2D eigenvalue weighted by atomic mass is 9.97. The molecule has 0 radical (unpaired) electrons. The number of carbonyl (C=O) groups excluding carboxylic acids is 7. The van der Waals surface area contributed by atoms with E-state index in [2.05, 4.69) is 47.1 Å². The number of hydrogen-bond donors (Lipinski definition) is 6. The number of amides is 8. The van der Waals surface area contributed by atoms with E-state index in [9.17, 15) is 46.7 Å². The molecule has 6 heterocycles. The Morgan fingerprint density at radius 2 is 1.16 bits per heavy atom. The summed E-state index contributed by atoms with van der Waals surface area (Å²) in [6.07, 6.45) is 5.50. The van der Waals surface area contributed by atoms with Crippen molar-refractivity contribution in [2.24, 2.45) is 0 Å². The number of hydrogen-bond acceptors (Lipinski definition) is 23. The first-order chi connectivity index (χ1) is 64.0. The van der Waals surface area contributed by atoms with Crippen LogP contribution in [0.1, 0.15) is 116 Å². The second kappa shape index (κ2) is 53.9. The van der Waals surface area contributed by atoms with Crippen LogP contribution in [0.3, 0.4) is 0 Å². The van der Waals surface area contributed by atoms with E-state index in [-0.39, 0.29) is 124 Å². The molecular formula is C93H120Cl2F3N17O17. The summed E-state index contributed by atoms with van der Waals surface area (Å²) in [6.45, 7) is 19.9. The maximum Gasteiger partial charge on any atom is 0.319 e. The largest absolute Gasteiger partial charge is 0.377 e. The summed E-state index contributed by atoms with van der Waals surface area (Å²) < 4.78 is 104. The van der Waals surface area contributed by atoms with Gasteiger partial charge in [-0.2, -0.15) is 10.2 Å². The number of rotatable bonds is 58. The highest BCUT2D eigenvalue weighted by Gasteiger charge is 2.40. The molecule has 714 valence electrons. The van der Waals surface area contributed by atoms with Crippen molar-refractivity contribution in [3.63, 3.8) is 0 Å². The first-order valence-electron chi connectivity index (χ1n) is 44.7. The Balaban J connectivity index is 0.461. The quantitative estimate of drug-likeness (QED) is 0.0193. The summed E-state index contributed by atoms with van der Waals surface area (Å²) in [5.41, 5.74) is 6.42. The van der Waals surface area contributed by atoms with Crippen LogP contribution in [-0.4, -0.2) is 291 Å². The Morgan fingerprint density at radius 3 is 1.77 bits per heavy atom. The van der Waals surface area contributed by atoms with Crippen LogP contribution >= 0.6 is 23.2 Å². The molecule has 2 saturated heterocycles. The summed E-state index contributed by atoms with van der Waals surface area (Å²) in [5.74, 6) is -4.97. The normalized spacial score (nSPS) is 13.9. The van der Waals surface area contributed by atoms with Crippen molar-refractivity contribution in [2.75, 3.05) is 183 Å². The zero-order valence-electron chi connectivity index (χ0n) is 75.2. The van der Waals surface area contributed by atoms with Crippen LogP contribution in [0.4, 0.5) is 23.7 Å². The number of fused-ring (bicyclic) bond motifs is 2. The van der Waals surface area contributed by atoms with Crippen LogP contribution in [0.15, 0.2) is 128 Å². The van der Waals surface area contributed by atoms with E-state index < -0.39 is 47.1 Å². The van der Waals surface area contributed by atoms with E-state index in [1.807, 2.05) is 70.2 Å².